The molecule has 2 heterocycles. The van der Waals surface area contributed by atoms with E-state index in [4.69, 9.17) is 4.74 Å². The zero-order chi connectivity index (χ0) is 21.8. The van der Waals surface area contributed by atoms with Crippen LogP contribution in [0.25, 0.3) is 10.2 Å². The van der Waals surface area contributed by atoms with Gasteiger partial charge in [-0.15, -0.1) is 11.3 Å². The van der Waals surface area contributed by atoms with Crippen molar-refractivity contribution in [1.29, 1.82) is 0 Å². The van der Waals surface area contributed by atoms with E-state index in [2.05, 4.69) is 15.3 Å². The molecule has 32 heavy (non-hydrogen) atoms. The van der Waals surface area contributed by atoms with Crippen LogP contribution in [-0.4, -0.2) is 21.6 Å². The van der Waals surface area contributed by atoms with Crippen molar-refractivity contribution in [2.75, 3.05) is 11.1 Å². The van der Waals surface area contributed by atoms with Gasteiger partial charge in [0.1, 0.15) is 28.5 Å². The maximum absolute atomic E-state index is 12.5. The summed E-state index contributed by atoms with van der Waals surface area (Å²) < 4.78 is 5.81. The molecule has 0 bridgehead atoms. The summed E-state index contributed by atoms with van der Waals surface area (Å²) in [6.07, 6.45) is 6.28. The minimum Gasteiger partial charge on any atom is -0.489 e. The Morgan fingerprint density at radius 2 is 1.84 bits per heavy atom. The van der Waals surface area contributed by atoms with E-state index in [0.717, 1.165) is 45.1 Å². The third-order valence-electron chi connectivity index (χ3n) is 5.44. The largest absolute Gasteiger partial charge is 0.489 e. The van der Waals surface area contributed by atoms with Crippen molar-refractivity contribution in [2.45, 2.75) is 37.3 Å². The third kappa shape index (κ3) is 4.79. The summed E-state index contributed by atoms with van der Waals surface area (Å²) in [6, 6.07) is 17.5. The third-order valence-corrected chi connectivity index (χ3v) is 7.63. The Balaban J connectivity index is 1.18. The Kier molecular flexibility index (Phi) is 6.36. The van der Waals surface area contributed by atoms with E-state index in [1.165, 1.54) is 35.0 Å². The molecule has 4 aromatic rings. The molecule has 5 nitrogen and oxygen atoms in total. The molecule has 7 heteroatoms. The van der Waals surface area contributed by atoms with Gasteiger partial charge in [0.25, 0.3) is 0 Å². The molecule has 0 radical (unpaired) electrons. The Hall–Kier alpha value is -2.90. The summed E-state index contributed by atoms with van der Waals surface area (Å²) in [5.74, 6) is 1.03. The number of aromatic nitrogens is 2. The van der Waals surface area contributed by atoms with Crippen LogP contribution >= 0.6 is 23.1 Å². The van der Waals surface area contributed by atoms with Gasteiger partial charge in [0.05, 0.1) is 5.75 Å². The van der Waals surface area contributed by atoms with Gasteiger partial charge in [0.15, 0.2) is 0 Å². The number of thiophene rings is 1. The number of rotatable bonds is 7. The van der Waals surface area contributed by atoms with Gasteiger partial charge in [-0.25, -0.2) is 9.97 Å². The van der Waals surface area contributed by atoms with Crippen LogP contribution < -0.4 is 10.1 Å². The van der Waals surface area contributed by atoms with E-state index >= 15 is 0 Å². The molecule has 1 N–H and O–H groups in total. The first kappa shape index (κ1) is 21.0. The number of thioether (sulfide) groups is 1. The first-order valence-electron chi connectivity index (χ1n) is 10.7. The fraction of sp³-hybridized carbons (Fsp3) is 0.240. The van der Waals surface area contributed by atoms with E-state index in [1.807, 2.05) is 54.6 Å². The van der Waals surface area contributed by atoms with E-state index in [9.17, 15) is 4.79 Å². The van der Waals surface area contributed by atoms with Gasteiger partial charge < -0.3 is 10.1 Å². The topological polar surface area (TPSA) is 64.1 Å². The number of amides is 1. The number of anilines is 1. The fourth-order valence-corrected chi connectivity index (χ4v) is 6.00. The Morgan fingerprint density at radius 3 is 2.69 bits per heavy atom. The SMILES string of the molecule is O=C(CSc1ncnc2sc3c(c12)CCCC3)Nc1ccc(OCc2ccccc2)cc1. The number of benzene rings is 2. The summed E-state index contributed by atoms with van der Waals surface area (Å²) in [6.45, 7) is 0.517. The number of carbonyl (C=O) groups excluding carboxylic acids is 1. The zero-order valence-electron chi connectivity index (χ0n) is 17.5. The lowest BCUT2D eigenvalue weighted by molar-refractivity contribution is -0.113. The molecule has 2 aromatic heterocycles. The number of hydrogen-bond donors (Lipinski definition) is 1. The number of carbonyl (C=O) groups is 1. The van der Waals surface area contributed by atoms with Crippen LogP contribution in [-0.2, 0) is 24.2 Å². The van der Waals surface area contributed by atoms with Gasteiger partial charge in [-0.3, -0.25) is 4.79 Å². The van der Waals surface area contributed by atoms with Gasteiger partial charge in [-0.05, 0) is 61.1 Å². The maximum Gasteiger partial charge on any atom is 0.234 e. The summed E-state index contributed by atoms with van der Waals surface area (Å²) >= 11 is 3.26. The zero-order valence-corrected chi connectivity index (χ0v) is 19.2. The van der Waals surface area contributed by atoms with Gasteiger partial charge in [-0.1, -0.05) is 42.1 Å². The minimum absolute atomic E-state index is 0.0520. The van der Waals surface area contributed by atoms with Crippen molar-refractivity contribution in [1.82, 2.24) is 9.97 Å². The lowest BCUT2D eigenvalue weighted by Gasteiger charge is -2.11. The summed E-state index contributed by atoms with van der Waals surface area (Å²) in [7, 11) is 0. The van der Waals surface area contributed by atoms with Crippen LogP contribution in [0.15, 0.2) is 66.0 Å². The van der Waals surface area contributed by atoms with Gasteiger partial charge in [0, 0.05) is 16.0 Å². The van der Waals surface area contributed by atoms with Crippen molar-refractivity contribution in [3.8, 4) is 5.75 Å². The summed E-state index contributed by atoms with van der Waals surface area (Å²) in [5.41, 5.74) is 3.27. The van der Waals surface area contributed by atoms with E-state index < -0.39 is 0 Å². The average Bonchev–Trinajstić information content (AvgIpc) is 3.22. The van der Waals surface area contributed by atoms with E-state index in [0.29, 0.717) is 12.4 Å². The second-order valence-electron chi connectivity index (χ2n) is 7.71. The molecule has 0 saturated carbocycles. The molecule has 5 rings (SSSR count). The maximum atomic E-state index is 12.5. The van der Waals surface area contributed by atoms with E-state index in [1.54, 1.807) is 17.7 Å². The van der Waals surface area contributed by atoms with Crippen LogP contribution in [0.3, 0.4) is 0 Å². The van der Waals surface area contributed by atoms with Gasteiger partial charge in [0.2, 0.25) is 5.91 Å². The van der Waals surface area contributed by atoms with Crippen molar-refractivity contribution >= 4 is 44.9 Å². The Labute approximate surface area is 195 Å². The smallest absolute Gasteiger partial charge is 0.234 e. The van der Waals surface area contributed by atoms with Crippen LogP contribution in [0.1, 0.15) is 28.8 Å². The molecular weight excluding hydrogens is 438 g/mol. The molecule has 1 aliphatic rings. The van der Waals surface area contributed by atoms with Gasteiger partial charge in [-0.2, -0.15) is 0 Å². The van der Waals surface area contributed by atoms with Crippen LogP contribution in [0.4, 0.5) is 5.69 Å². The highest BCUT2D eigenvalue weighted by Gasteiger charge is 2.20. The van der Waals surface area contributed by atoms with Crippen LogP contribution in [0, 0.1) is 0 Å². The van der Waals surface area contributed by atoms with Crippen molar-refractivity contribution in [3.63, 3.8) is 0 Å². The first-order valence-corrected chi connectivity index (χ1v) is 12.5. The second-order valence-corrected chi connectivity index (χ2v) is 9.75. The number of nitrogens with one attached hydrogen (secondary N) is 1. The molecule has 0 spiro atoms. The predicted octanol–water partition coefficient (Wildman–Crippen LogP) is 5.88. The van der Waals surface area contributed by atoms with Gasteiger partial charge >= 0.3 is 0 Å². The molecule has 162 valence electrons. The Bertz CT molecular complexity index is 1220. The number of hydrogen-bond acceptors (Lipinski definition) is 6. The van der Waals surface area contributed by atoms with Crippen molar-refractivity contribution in [2.24, 2.45) is 0 Å². The molecule has 2 aromatic carbocycles. The molecular formula is C25H23N3O2S2. The molecule has 0 saturated heterocycles. The summed E-state index contributed by atoms with van der Waals surface area (Å²) in [5, 5.41) is 5.03. The lowest BCUT2D eigenvalue weighted by Crippen LogP contribution is -2.14. The predicted molar refractivity (Wildman–Crippen MR) is 131 cm³/mol. The van der Waals surface area contributed by atoms with Crippen LogP contribution in [0.2, 0.25) is 0 Å². The minimum atomic E-state index is -0.0520. The highest BCUT2D eigenvalue weighted by Crippen LogP contribution is 2.39. The molecule has 1 aliphatic carbocycles. The molecule has 0 atom stereocenters. The number of ether oxygens (including phenoxy) is 1. The van der Waals surface area contributed by atoms with E-state index in [-0.39, 0.29) is 5.91 Å². The summed E-state index contributed by atoms with van der Waals surface area (Å²) in [4.78, 5) is 24.0. The molecule has 0 unspecified atom stereocenters. The number of fused-ring (bicyclic) bond motifs is 3. The number of nitrogens with zero attached hydrogens (tertiary/aromatic N) is 2. The Morgan fingerprint density at radius 1 is 1.03 bits per heavy atom. The average molecular weight is 462 g/mol. The monoisotopic (exact) mass is 461 g/mol. The normalized spacial score (nSPS) is 13.0. The quantitative estimate of drug-likeness (QED) is 0.275. The number of aryl methyl sites for hydroxylation is 2. The van der Waals surface area contributed by atoms with Crippen molar-refractivity contribution in [3.05, 3.63) is 76.9 Å². The highest BCUT2D eigenvalue weighted by atomic mass is 32.2. The first-order chi connectivity index (χ1) is 15.8. The molecule has 0 fully saturated rings. The van der Waals surface area contributed by atoms with Crippen molar-refractivity contribution < 1.29 is 9.53 Å². The molecule has 0 aliphatic heterocycles. The fourth-order valence-electron chi connectivity index (χ4n) is 3.88. The second kappa shape index (κ2) is 9.71. The molecule has 1 amide bonds. The lowest BCUT2D eigenvalue weighted by atomic mass is 9.97. The standard InChI is InChI=1S/C25H23N3O2S2/c29-22(28-18-10-12-19(13-11-18)30-14-17-6-2-1-3-7-17)15-31-24-23-20-8-4-5-9-21(20)32-25(23)27-16-26-24/h1-3,6-7,10-13,16H,4-5,8-9,14-15H2,(H,28,29). The highest BCUT2D eigenvalue weighted by molar-refractivity contribution is 8.00. The van der Waals surface area contributed by atoms with Crippen LogP contribution in [0.5, 0.6) is 5.75 Å².